The highest BCUT2D eigenvalue weighted by Gasteiger charge is 2.39. The van der Waals surface area contributed by atoms with Crippen LogP contribution in [0.15, 0.2) is 86.0 Å². The van der Waals surface area contributed by atoms with Crippen molar-refractivity contribution in [3.63, 3.8) is 0 Å². The lowest BCUT2D eigenvalue weighted by atomic mass is 9.85. The van der Waals surface area contributed by atoms with Gasteiger partial charge >= 0.3 is 0 Å². The van der Waals surface area contributed by atoms with E-state index >= 15 is 0 Å². The number of hydrogen-bond acceptors (Lipinski definition) is 4. The number of aliphatic hydroxyl groups is 1. The Morgan fingerprint density at radius 2 is 1.28 bits per heavy atom. The third-order valence-electron chi connectivity index (χ3n) is 4.86. The first-order chi connectivity index (χ1) is 14.1. The summed E-state index contributed by atoms with van der Waals surface area (Å²) in [5, 5.41) is 22.5. The highest BCUT2D eigenvalue weighted by Crippen LogP contribution is 2.39. The van der Waals surface area contributed by atoms with E-state index in [2.05, 4.69) is 13.2 Å². The fourth-order valence-corrected chi connectivity index (χ4v) is 3.33. The molecule has 0 aliphatic heterocycles. The number of phenolic OH excluding ortho intramolecular Hbond substituents is 1. The third kappa shape index (κ3) is 4.44. The second-order valence-corrected chi connectivity index (χ2v) is 6.91. The van der Waals surface area contributed by atoms with Crippen LogP contribution in [0.5, 0.6) is 5.75 Å². The van der Waals surface area contributed by atoms with Crippen molar-refractivity contribution in [1.82, 2.24) is 9.97 Å². The van der Waals surface area contributed by atoms with Gasteiger partial charge in [0.25, 0.3) is 0 Å². The van der Waals surface area contributed by atoms with Gasteiger partial charge in [-0.05, 0) is 56.0 Å². The summed E-state index contributed by atoms with van der Waals surface area (Å²) in [4.78, 5) is 9.41. The van der Waals surface area contributed by atoms with Gasteiger partial charge in [-0.3, -0.25) is 9.97 Å². The van der Waals surface area contributed by atoms with Crippen molar-refractivity contribution in [2.75, 3.05) is 0 Å². The summed E-state index contributed by atoms with van der Waals surface area (Å²) in [6, 6.07) is 17.9. The van der Waals surface area contributed by atoms with Gasteiger partial charge in [0, 0.05) is 17.0 Å². The molecule has 0 aliphatic rings. The average Bonchev–Trinajstić information content (AvgIpc) is 2.76. The van der Waals surface area contributed by atoms with Gasteiger partial charge in [0.15, 0.2) is 5.60 Å². The van der Waals surface area contributed by atoms with Gasteiger partial charge in [-0.15, -0.1) is 13.2 Å². The van der Waals surface area contributed by atoms with Crippen molar-refractivity contribution in [3.05, 3.63) is 114 Å². The van der Waals surface area contributed by atoms with E-state index in [0.29, 0.717) is 17.0 Å². The molecule has 29 heavy (non-hydrogen) atoms. The first-order valence-electron chi connectivity index (χ1n) is 9.75. The Morgan fingerprint density at radius 1 is 0.759 bits per heavy atom. The van der Waals surface area contributed by atoms with Crippen LogP contribution in [-0.4, -0.2) is 20.2 Å². The number of rotatable bonds is 9. The Morgan fingerprint density at radius 3 is 1.76 bits per heavy atom. The molecule has 0 spiro atoms. The topological polar surface area (TPSA) is 66.2 Å². The first-order valence-corrected chi connectivity index (χ1v) is 9.75. The Balaban J connectivity index is 2.17. The summed E-state index contributed by atoms with van der Waals surface area (Å²) in [5.41, 5.74) is 1.21. The number of aromatic nitrogens is 2. The van der Waals surface area contributed by atoms with Crippen LogP contribution >= 0.6 is 0 Å². The van der Waals surface area contributed by atoms with E-state index in [1.807, 2.05) is 36.4 Å². The van der Waals surface area contributed by atoms with Gasteiger partial charge in [0.1, 0.15) is 5.75 Å². The molecule has 0 radical (unpaired) electrons. The summed E-state index contributed by atoms with van der Waals surface area (Å²) >= 11 is 0. The molecule has 4 heteroatoms. The summed E-state index contributed by atoms with van der Waals surface area (Å²) in [6.45, 7) is 7.52. The van der Waals surface area contributed by atoms with E-state index in [4.69, 9.17) is 9.97 Å². The smallest absolute Gasteiger partial charge is 0.177 e. The second-order valence-electron chi connectivity index (χ2n) is 6.91. The lowest BCUT2D eigenvalue weighted by Crippen LogP contribution is -2.32. The number of benzene rings is 1. The first kappa shape index (κ1) is 20.5. The van der Waals surface area contributed by atoms with Gasteiger partial charge in [0.2, 0.25) is 0 Å². The van der Waals surface area contributed by atoms with Crippen LogP contribution in [-0.2, 0) is 18.4 Å². The monoisotopic (exact) mass is 386 g/mol. The Bertz CT molecular complexity index is 942. The minimum absolute atomic E-state index is 0.00779. The third-order valence-corrected chi connectivity index (χ3v) is 4.86. The van der Waals surface area contributed by atoms with E-state index in [0.717, 1.165) is 37.1 Å². The summed E-state index contributed by atoms with van der Waals surface area (Å²) in [5.74, 6) is -0.00779. The van der Waals surface area contributed by atoms with E-state index in [-0.39, 0.29) is 5.75 Å². The Kier molecular flexibility index (Phi) is 6.57. The van der Waals surface area contributed by atoms with Crippen LogP contribution in [0.25, 0.3) is 0 Å². The number of aryl methyl sites for hydroxylation is 2. The number of para-hydroxylation sites is 1. The van der Waals surface area contributed by atoms with Gasteiger partial charge < -0.3 is 10.2 Å². The molecule has 148 valence electrons. The van der Waals surface area contributed by atoms with Crippen molar-refractivity contribution in [3.8, 4) is 5.75 Å². The molecule has 3 rings (SSSR count). The number of nitrogens with zero attached hydrogens (tertiary/aromatic N) is 2. The lowest BCUT2D eigenvalue weighted by Gasteiger charge is -2.29. The fourth-order valence-electron chi connectivity index (χ4n) is 3.33. The van der Waals surface area contributed by atoms with Crippen LogP contribution in [0, 0.1) is 0 Å². The summed E-state index contributed by atoms with van der Waals surface area (Å²) in [6.07, 6.45) is 6.71. The molecule has 0 fully saturated rings. The molecule has 0 saturated carbocycles. The molecule has 0 unspecified atom stereocenters. The number of pyridine rings is 2. The van der Waals surface area contributed by atoms with E-state index in [1.54, 1.807) is 36.4 Å². The molecule has 0 atom stereocenters. The Hall–Kier alpha value is -3.24. The van der Waals surface area contributed by atoms with Crippen LogP contribution in [0.1, 0.15) is 41.2 Å². The minimum atomic E-state index is -1.68. The number of hydrogen-bond donors (Lipinski definition) is 2. The zero-order valence-corrected chi connectivity index (χ0v) is 16.5. The van der Waals surface area contributed by atoms with E-state index < -0.39 is 5.60 Å². The van der Waals surface area contributed by atoms with Crippen molar-refractivity contribution in [1.29, 1.82) is 0 Å². The van der Waals surface area contributed by atoms with Crippen LogP contribution in [0.2, 0.25) is 0 Å². The predicted molar refractivity (Wildman–Crippen MR) is 116 cm³/mol. The number of phenols is 1. The van der Waals surface area contributed by atoms with Gasteiger partial charge in [-0.2, -0.15) is 0 Å². The zero-order chi connectivity index (χ0) is 20.7. The molecule has 2 heterocycles. The predicted octanol–water partition coefficient (Wildman–Crippen LogP) is 4.70. The van der Waals surface area contributed by atoms with E-state index in [1.165, 1.54) is 0 Å². The summed E-state index contributed by atoms with van der Waals surface area (Å²) in [7, 11) is 0. The molecule has 0 saturated heterocycles. The lowest BCUT2D eigenvalue weighted by molar-refractivity contribution is 0.112. The molecule has 0 aliphatic carbocycles. The Labute approximate surface area is 171 Å². The maximum absolute atomic E-state index is 12.0. The molecule has 2 aromatic heterocycles. The quantitative estimate of drug-likeness (QED) is 0.523. The van der Waals surface area contributed by atoms with Gasteiger partial charge in [0.05, 0.1) is 11.4 Å². The van der Waals surface area contributed by atoms with Gasteiger partial charge in [-0.25, -0.2) is 0 Å². The van der Waals surface area contributed by atoms with Crippen molar-refractivity contribution < 1.29 is 10.2 Å². The number of aromatic hydroxyl groups is 1. The van der Waals surface area contributed by atoms with Crippen molar-refractivity contribution in [2.45, 2.75) is 31.3 Å². The largest absolute Gasteiger partial charge is 0.508 e. The average molecular weight is 386 g/mol. The zero-order valence-electron chi connectivity index (χ0n) is 16.5. The minimum Gasteiger partial charge on any atom is -0.508 e. The highest BCUT2D eigenvalue weighted by atomic mass is 16.3. The maximum atomic E-state index is 12.0. The molecule has 4 nitrogen and oxygen atoms in total. The van der Waals surface area contributed by atoms with Crippen LogP contribution in [0.3, 0.4) is 0 Å². The van der Waals surface area contributed by atoms with Crippen LogP contribution < -0.4 is 0 Å². The van der Waals surface area contributed by atoms with E-state index in [9.17, 15) is 10.2 Å². The maximum Gasteiger partial charge on any atom is 0.177 e. The molecule has 1 aromatic carbocycles. The van der Waals surface area contributed by atoms with Crippen molar-refractivity contribution >= 4 is 0 Å². The SMILES string of the molecule is C=CCCc1cccc(C(O)(c2cccc(CCC=C)n2)c2ccccc2O)n1. The number of allylic oxidation sites excluding steroid dienone is 2. The second kappa shape index (κ2) is 9.30. The fraction of sp³-hybridized carbons (Fsp3) is 0.200. The standard InChI is InChI=1S/C25H26N2O2/c1-3-5-11-19-13-9-17-23(26-19)25(29,21-15-7-8-16-22(21)28)24-18-10-14-20(27-24)12-6-4-2/h3-4,7-10,13-18,28-29H,1-2,5-6,11-12H2. The summed E-state index contributed by atoms with van der Waals surface area (Å²) < 4.78 is 0. The normalized spacial score (nSPS) is 11.2. The van der Waals surface area contributed by atoms with Crippen molar-refractivity contribution in [2.24, 2.45) is 0 Å². The molecule has 0 amide bonds. The van der Waals surface area contributed by atoms with Gasteiger partial charge in [-0.1, -0.05) is 42.5 Å². The van der Waals surface area contributed by atoms with Crippen LogP contribution in [0.4, 0.5) is 0 Å². The molecule has 2 N–H and O–H groups in total. The highest BCUT2D eigenvalue weighted by molar-refractivity contribution is 5.48. The molecule has 0 bridgehead atoms. The molecular weight excluding hydrogens is 360 g/mol. The molecular formula is C25H26N2O2. The molecule has 3 aromatic rings.